The minimum absolute atomic E-state index is 0.247. The predicted molar refractivity (Wildman–Crippen MR) is 94.6 cm³/mol. The second-order valence-corrected chi connectivity index (χ2v) is 6.44. The number of urea groups is 1. The molecule has 1 fully saturated rings. The SMILES string of the molecule is COc1ccc(C[NH+](CC(=O)NC(=O)NCc2ccco2)C2CC2)cc1. The van der Waals surface area contributed by atoms with Crippen LogP contribution in [0.2, 0.25) is 0 Å². The number of nitrogens with one attached hydrogen (secondary N) is 3. The first-order valence-electron chi connectivity index (χ1n) is 8.71. The second-order valence-electron chi connectivity index (χ2n) is 6.44. The molecule has 26 heavy (non-hydrogen) atoms. The maximum Gasteiger partial charge on any atom is 0.321 e. The van der Waals surface area contributed by atoms with Crippen molar-refractivity contribution >= 4 is 11.9 Å². The van der Waals surface area contributed by atoms with Crippen LogP contribution in [0.4, 0.5) is 4.79 Å². The number of methoxy groups -OCH3 is 1. The summed E-state index contributed by atoms with van der Waals surface area (Å²) in [4.78, 5) is 25.2. The van der Waals surface area contributed by atoms with Gasteiger partial charge in [-0.25, -0.2) is 4.79 Å². The van der Waals surface area contributed by atoms with Crippen molar-refractivity contribution in [2.24, 2.45) is 0 Å². The molecule has 0 bridgehead atoms. The van der Waals surface area contributed by atoms with Crippen molar-refractivity contribution < 1.29 is 23.6 Å². The molecular weight excluding hydrogens is 334 g/mol. The zero-order chi connectivity index (χ0) is 18.4. The van der Waals surface area contributed by atoms with Gasteiger partial charge in [0.05, 0.1) is 26.0 Å². The lowest BCUT2D eigenvalue weighted by molar-refractivity contribution is -0.917. The quantitative estimate of drug-likeness (QED) is 0.653. The van der Waals surface area contributed by atoms with Crippen LogP contribution in [0.3, 0.4) is 0 Å². The molecule has 138 valence electrons. The number of carbonyl (C=O) groups is 2. The van der Waals surface area contributed by atoms with E-state index in [4.69, 9.17) is 9.15 Å². The van der Waals surface area contributed by atoms with Gasteiger partial charge >= 0.3 is 6.03 Å². The highest BCUT2D eigenvalue weighted by molar-refractivity contribution is 5.94. The highest BCUT2D eigenvalue weighted by Gasteiger charge is 2.34. The Bertz CT molecular complexity index is 724. The van der Waals surface area contributed by atoms with Crippen LogP contribution in [0.25, 0.3) is 0 Å². The van der Waals surface area contributed by atoms with E-state index in [9.17, 15) is 9.59 Å². The van der Waals surface area contributed by atoms with Crippen molar-refractivity contribution in [3.8, 4) is 5.75 Å². The Morgan fingerprint density at radius 1 is 1.23 bits per heavy atom. The number of imide groups is 1. The molecule has 7 heteroatoms. The highest BCUT2D eigenvalue weighted by Crippen LogP contribution is 2.16. The van der Waals surface area contributed by atoms with E-state index in [1.165, 1.54) is 11.2 Å². The fourth-order valence-corrected chi connectivity index (χ4v) is 2.85. The smallest absolute Gasteiger partial charge is 0.321 e. The molecule has 7 nitrogen and oxygen atoms in total. The first-order valence-corrected chi connectivity index (χ1v) is 8.71. The molecule has 3 N–H and O–H groups in total. The molecule has 1 saturated carbocycles. The molecule has 1 aliphatic rings. The predicted octanol–water partition coefficient (Wildman–Crippen LogP) is 0.862. The first-order chi connectivity index (χ1) is 12.6. The normalized spacial score (nSPS) is 14.5. The van der Waals surface area contributed by atoms with Crippen molar-refractivity contribution in [1.82, 2.24) is 10.6 Å². The third-order valence-corrected chi connectivity index (χ3v) is 4.39. The van der Waals surface area contributed by atoms with Crippen LogP contribution in [0.15, 0.2) is 47.1 Å². The third kappa shape index (κ3) is 5.35. The summed E-state index contributed by atoms with van der Waals surface area (Å²) in [5.74, 6) is 1.17. The van der Waals surface area contributed by atoms with E-state index in [-0.39, 0.29) is 19.0 Å². The Morgan fingerprint density at radius 2 is 2.00 bits per heavy atom. The summed E-state index contributed by atoms with van der Waals surface area (Å²) in [6.45, 7) is 1.26. The maximum atomic E-state index is 12.2. The van der Waals surface area contributed by atoms with Crippen LogP contribution in [0.5, 0.6) is 5.75 Å². The van der Waals surface area contributed by atoms with Gasteiger partial charge in [-0.3, -0.25) is 10.1 Å². The van der Waals surface area contributed by atoms with Gasteiger partial charge in [-0.05, 0) is 36.4 Å². The van der Waals surface area contributed by atoms with Crippen LogP contribution in [0, 0.1) is 0 Å². The first kappa shape index (κ1) is 18.0. The number of furan rings is 1. The van der Waals surface area contributed by atoms with Gasteiger partial charge in [0, 0.05) is 18.4 Å². The molecule has 3 amide bonds. The van der Waals surface area contributed by atoms with Crippen molar-refractivity contribution in [3.63, 3.8) is 0 Å². The molecule has 1 aliphatic carbocycles. The van der Waals surface area contributed by atoms with Crippen LogP contribution in [-0.4, -0.2) is 31.6 Å². The van der Waals surface area contributed by atoms with Gasteiger partial charge in [-0.2, -0.15) is 0 Å². The number of carbonyl (C=O) groups excluding carboxylic acids is 2. The Hall–Kier alpha value is -2.80. The molecule has 1 atom stereocenters. The standard InChI is InChI=1S/C19H23N3O4/c1-25-16-8-4-14(5-9-16)12-22(15-6-7-15)13-18(23)21-19(24)20-11-17-3-2-10-26-17/h2-5,8-10,15H,6-7,11-13H2,1H3,(H2,20,21,23,24)/p+1. The molecule has 0 saturated heterocycles. The Labute approximate surface area is 152 Å². The summed E-state index contributed by atoms with van der Waals surface area (Å²) in [5.41, 5.74) is 1.14. The summed E-state index contributed by atoms with van der Waals surface area (Å²) in [6, 6.07) is 11.3. The van der Waals surface area contributed by atoms with Crippen molar-refractivity contribution in [2.45, 2.75) is 32.0 Å². The van der Waals surface area contributed by atoms with E-state index in [0.717, 1.165) is 30.7 Å². The number of quaternary nitrogens is 1. The molecule has 1 heterocycles. The summed E-state index contributed by atoms with van der Waals surface area (Å²) in [6.07, 6.45) is 3.77. The molecular formula is C19H24N3O4+. The summed E-state index contributed by atoms with van der Waals surface area (Å²) in [5, 5.41) is 5.00. The molecule has 0 radical (unpaired) electrons. The zero-order valence-corrected chi connectivity index (χ0v) is 14.8. The highest BCUT2D eigenvalue weighted by atomic mass is 16.5. The average molecular weight is 358 g/mol. The van der Waals surface area contributed by atoms with Crippen LogP contribution in [-0.2, 0) is 17.9 Å². The number of amides is 3. The van der Waals surface area contributed by atoms with Gasteiger partial charge in [0.15, 0.2) is 6.54 Å². The van der Waals surface area contributed by atoms with Crippen LogP contribution in [0.1, 0.15) is 24.2 Å². The molecule has 0 aliphatic heterocycles. The van der Waals surface area contributed by atoms with Gasteiger partial charge < -0.3 is 19.4 Å². The second kappa shape index (κ2) is 8.53. The number of hydrogen-bond donors (Lipinski definition) is 3. The van der Waals surface area contributed by atoms with Gasteiger partial charge in [0.1, 0.15) is 18.1 Å². The van der Waals surface area contributed by atoms with Gasteiger partial charge in [0.2, 0.25) is 0 Å². The minimum atomic E-state index is -0.508. The lowest BCUT2D eigenvalue weighted by atomic mass is 10.2. The lowest BCUT2D eigenvalue weighted by Gasteiger charge is -2.18. The maximum absolute atomic E-state index is 12.2. The van der Waals surface area contributed by atoms with Crippen LogP contribution >= 0.6 is 0 Å². The van der Waals surface area contributed by atoms with E-state index < -0.39 is 6.03 Å². The van der Waals surface area contributed by atoms with E-state index in [1.54, 1.807) is 19.2 Å². The number of benzene rings is 1. The van der Waals surface area contributed by atoms with Crippen molar-refractivity contribution in [1.29, 1.82) is 0 Å². The van der Waals surface area contributed by atoms with Gasteiger partial charge in [-0.15, -0.1) is 0 Å². The lowest BCUT2D eigenvalue weighted by Crippen LogP contribution is -3.13. The number of ether oxygens (including phenoxy) is 1. The van der Waals surface area contributed by atoms with Crippen LogP contribution < -0.4 is 20.3 Å². The Kier molecular flexibility index (Phi) is 5.91. The minimum Gasteiger partial charge on any atom is -0.497 e. The molecule has 1 aromatic heterocycles. The number of rotatable bonds is 8. The van der Waals surface area contributed by atoms with Crippen molar-refractivity contribution in [2.75, 3.05) is 13.7 Å². The van der Waals surface area contributed by atoms with E-state index in [2.05, 4.69) is 10.6 Å². The average Bonchev–Trinajstić information content (AvgIpc) is 3.36. The van der Waals surface area contributed by atoms with Gasteiger partial charge in [0.25, 0.3) is 5.91 Å². The fraction of sp³-hybridized carbons (Fsp3) is 0.368. The largest absolute Gasteiger partial charge is 0.497 e. The fourth-order valence-electron chi connectivity index (χ4n) is 2.85. The summed E-state index contributed by atoms with van der Waals surface area (Å²) >= 11 is 0. The summed E-state index contributed by atoms with van der Waals surface area (Å²) < 4.78 is 10.3. The van der Waals surface area contributed by atoms with E-state index in [0.29, 0.717) is 11.8 Å². The molecule has 1 unspecified atom stereocenters. The zero-order valence-electron chi connectivity index (χ0n) is 14.8. The molecule has 2 aromatic rings. The monoisotopic (exact) mass is 358 g/mol. The van der Waals surface area contributed by atoms with E-state index >= 15 is 0 Å². The van der Waals surface area contributed by atoms with E-state index in [1.807, 2.05) is 24.3 Å². The van der Waals surface area contributed by atoms with Gasteiger partial charge in [-0.1, -0.05) is 0 Å². The topological polar surface area (TPSA) is 85.0 Å². The molecule has 0 spiro atoms. The molecule has 3 rings (SSSR count). The Morgan fingerprint density at radius 3 is 2.62 bits per heavy atom. The summed E-state index contributed by atoms with van der Waals surface area (Å²) in [7, 11) is 1.64. The third-order valence-electron chi connectivity index (χ3n) is 4.39. The molecule has 1 aromatic carbocycles. The number of hydrogen-bond acceptors (Lipinski definition) is 4. The van der Waals surface area contributed by atoms with Crippen molar-refractivity contribution in [3.05, 3.63) is 54.0 Å². The Balaban J connectivity index is 1.47.